The Balaban J connectivity index is 1.36. The van der Waals surface area contributed by atoms with E-state index in [1.807, 2.05) is 30.9 Å². The highest BCUT2D eigenvalue weighted by molar-refractivity contribution is 6.01. The third-order valence-electron chi connectivity index (χ3n) is 6.20. The number of piperidine rings is 1. The monoisotopic (exact) mass is 415 g/mol. The second kappa shape index (κ2) is 8.38. The van der Waals surface area contributed by atoms with Gasteiger partial charge in [0.2, 0.25) is 0 Å². The van der Waals surface area contributed by atoms with Gasteiger partial charge in [0.1, 0.15) is 11.4 Å². The number of allylic oxidation sites excluding steroid dienone is 1. The second-order valence-electron chi connectivity index (χ2n) is 9.04. The molecule has 0 unspecified atom stereocenters. The van der Waals surface area contributed by atoms with E-state index in [-0.39, 0.29) is 29.3 Å². The Morgan fingerprint density at radius 3 is 2.57 bits per heavy atom. The molecule has 0 N–H and O–H groups in total. The fourth-order valence-corrected chi connectivity index (χ4v) is 4.71. The number of halogens is 1. The number of nitrogens with zero attached hydrogens (tertiary/aromatic N) is 3. The summed E-state index contributed by atoms with van der Waals surface area (Å²) in [4.78, 5) is 31.3. The molecule has 3 aliphatic heterocycles. The lowest BCUT2D eigenvalue weighted by Gasteiger charge is -2.44. The molecule has 0 aliphatic carbocycles. The lowest BCUT2D eigenvalue weighted by molar-refractivity contribution is -0.139. The van der Waals surface area contributed by atoms with E-state index in [9.17, 15) is 14.0 Å². The minimum absolute atomic E-state index is 0.0626. The van der Waals surface area contributed by atoms with E-state index in [0.29, 0.717) is 25.2 Å². The highest BCUT2D eigenvalue weighted by Gasteiger charge is 2.36. The van der Waals surface area contributed by atoms with Crippen molar-refractivity contribution in [3.8, 4) is 0 Å². The Bertz CT molecular complexity index is 846. The van der Waals surface area contributed by atoms with Crippen LogP contribution in [-0.4, -0.2) is 72.4 Å². The molecule has 2 saturated heterocycles. The fourth-order valence-electron chi connectivity index (χ4n) is 4.71. The molecule has 0 saturated carbocycles. The Hall–Kier alpha value is -2.41. The van der Waals surface area contributed by atoms with Gasteiger partial charge in [0, 0.05) is 57.8 Å². The van der Waals surface area contributed by atoms with E-state index in [2.05, 4.69) is 9.80 Å². The highest BCUT2D eigenvalue weighted by atomic mass is 19.1. The van der Waals surface area contributed by atoms with Crippen molar-refractivity contribution in [2.24, 2.45) is 0 Å². The number of carbonyl (C=O) groups excluding carboxylic acids is 2. The molecule has 7 heteroatoms. The zero-order valence-electron chi connectivity index (χ0n) is 17.8. The van der Waals surface area contributed by atoms with Crippen molar-refractivity contribution in [1.82, 2.24) is 9.80 Å². The molecule has 0 bridgehead atoms. The first-order valence-electron chi connectivity index (χ1n) is 10.8. The quantitative estimate of drug-likeness (QED) is 0.760. The third-order valence-corrected chi connectivity index (χ3v) is 6.20. The van der Waals surface area contributed by atoms with Crippen molar-refractivity contribution in [2.75, 3.05) is 44.2 Å². The van der Waals surface area contributed by atoms with Gasteiger partial charge in [0.25, 0.3) is 5.91 Å². The van der Waals surface area contributed by atoms with Crippen molar-refractivity contribution in [1.29, 1.82) is 0 Å². The van der Waals surface area contributed by atoms with Gasteiger partial charge in [-0.15, -0.1) is 0 Å². The van der Waals surface area contributed by atoms with Gasteiger partial charge in [-0.05, 0) is 38.8 Å². The highest BCUT2D eigenvalue weighted by Crippen LogP contribution is 2.28. The molecule has 4 rings (SSSR count). The molecule has 3 aliphatic rings. The Labute approximate surface area is 177 Å². The summed E-state index contributed by atoms with van der Waals surface area (Å²) in [6, 6.07) is 7.18. The van der Waals surface area contributed by atoms with E-state index in [4.69, 9.17) is 4.74 Å². The molecule has 0 spiro atoms. The lowest BCUT2D eigenvalue weighted by Crippen LogP contribution is -2.56. The SMILES string of the molecule is CC1(C)CC(=O)C=C(C(=O)N2CCC[C@@H](N3CCN(c4ccccc4F)CC3)C2)O1. The number of hydrogen-bond donors (Lipinski definition) is 0. The first-order valence-corrected chi connectivity index (χ1v) is 10.8. The topological polar surface area (TPSA) is 53.1 Å². The number of para-hydroxylation sites is 1. The minimum atomic E-state index is -0.644. The van der Waals surface area contributed by atoms with E-state index < -0.39 is 5.60 Å². The number of ether oxygens (including phenoxy) is 1. The standard InChI is InChI=1S/C23H30FN3O3/c1-23(2)15-18(28)14-21(30-23)22(29)27-9-5-6-17(16-27)25-10-12-26(13-11-25)20-8-4-3-7-19(20)24/h3-4,7-8,14,17H,5-6,9-13,15-16H2,1-2H3/t17-/m1/s1. The number of likely N-dealkylation sites (tertiary alicyclic amines) is 1. The Kier molecular flexibility index (Phi) is 5.82. The normalized spacial score (nSPS) is 25.0. The van der Waals surface area contributed by atoms with E-state index in [0.717, 1.165) is 39.0 Å². The van der Waals surface area contributed by atoms with Gasteiger partial charge < -0.3 is 14.5 Å². The lowest BCUT2D eigenvalue weighted by atomic mass is 9.97. The van der Waals surface area contributed by atoms with E-state index in [1.165, 1.54) is 12.1 Å². The molecule has 0 radical (unpaired) electrons. The maximum absolute atomic E-state index is 14.1. The Morgan fingerprint density at radius 1 is 1.13 bits per heavy atom. The molecule has 0 aromatic heterocycles. The van der Waals surface area contributed by atoms with E-state index in [1.54, 1.807) is 6.07 Å². The van der Waals surface area contributed by atoms with Crippen molar-refractivity contribution in [2.45, 2.75) is 44.8 Å². The predicted molar refractivity (Wildman–Crippen MR) is 113 cm³/mol. The third kappa shape index (κ3) is 4.51. The predicted octanol–water partition coefficient (Wildman–Crippen LogP) is 2.59. The molecule has 1 aromatic rings. The smallest absolute Gasteiger partial charge is 0.289 e. The number of carbonyl (C=O) groups is 2. The summed E-state index contributed by atoms with van der Waals surface area (Å²) in [5, 5.41) is 0. The van der Waals surface area contributed by atoms with Crippen molar-refractivity contribution in [3.05, 3.63) is 41.9 Å². The van der Waals surface area contributed by atoms with Crippen LogP contribution in [-0.2, 0) is 14.3 Å². The summed E-state index contributed by atoms with van der Waals surface area (Å²) in [6.45, 7) is 8.19. The van der Waals surface area contributed by atoms with Gasteiger partial charge in [-0.2, -0.15) is 0 Å². The van der Waals surface area contributed by atoms with Gasteiger partial charge in [-0.25, -0.2) is 4.39 Å². The maximum atomic E-state index is 14.1. The summed E-state index contributed by atoms with van der Waals surface area (Å²) in [5.41, 5.74) is 0.0148. The zero-order chi connectivity index (χ0) is 21.3. The van der Waals surface area contributed by atoms with Crippen LogP contribution in [0.4, 0.5) is 10.1 Å². The molecule has 2 fully saturated rings. The van der Waals surface area contributed by atoms with Gasteiger partial charge >= 0.3 is 0 Å². The van der Waals surface area contributed by atoms with Crippen LogP contribution < -0.4 is 4.90 Å². The van der Waals surface area contributed by atoms with Crippen LogP contribution in [0.3, 0.4) is 0 Å². The average Bonchev–Trinajstić information content (AvgIpc) is 2.72. The number of rotatable bonds is 3. The molecule has 3 heterocycles. The largest absolute Gasteiger partial charge is 0.481 e. The van der Waals surface area contributed by atoms with Crippen LogP contribution in [0.15, 0.2) is 36.1 Å². The second-order valence-corrected chi connectivity index (χ2v) is 9.04. The summed E-state index contributed by atoms with van der Waals surface area (Å²) in [6.07, 6.45) is 3.60. The Morgan fingerprint density at radius 2 is 1.87 bits per heavy atom. The molecule has 30 heavy (non-hydrogen) atoms. The van der Waals surface area contributed by atoms with Crippen LogP contribution in [0.2, 0.25) is 0 Å². The van der Waals surface area contributed by atoms with Crippen molar-refractivity contribution < 1.29 is 18.7 Å². The van der Waals surface area contributed by atoms with Crippen LogP contribution in [0.1, 0.15) is 33.1 Å². The van der Waals surface area contributed by atoms with Crippen LogP contribution in [0.5, 0.6) is 0 Å². The first-order chi connectivity index (χ1) is 14.3. The number of benzene rings is 1. The summed E-state index contributed by atoms with van der Waals surface area (Å²) < 4.78 is 19.9. The molecule has 162 valence electrons. The molecule has 1 aromatic carbocycles. The number of amides is 1. The summed E-state index contributed by atoms with van der Waals surface area (Å²) >= 11 is 0. The number of anilines is 1. The summed E-state index contributed by atoms with van der Waals surface area (Å²) in [5.74, 6) is -0.266. The average molecular weight is 416 g/mol. The molecule has 1 atom stereocenters. The maximum Gasteiger partial charge on any atom is 0.289 e. The molecule has 1 amide bonds. The molecular weight excluding hydrogens is 385 g/mol. The van der Waals surface area contributed by atoms with Crippen molar-refractivity contribution >= 4 is 17.4 Å². The molecule has 6 nitrogen and oxygen atoms in total. The van der Waals surface area contributed by atoms with Gasteiger partial charge in [0.15, 0.2) is 11.5 Å². The number of piperazine rings is 1. The van der Waals surface area contributed by atoms with Gasteiger partial charge in [-0.1, -0.05) is 12.1 Å². The molecular formula is C23H30FN3O3. The van der Waals surface area contributed by atoms with Crippen molar-refractivity contribution in [3.63, 3.8) is 0 Å². The van der Waals surface area contributed by atoms with E-state index >= 15 is 0 Å². The number of ketones is 1. The van der Waals surface area contributed by atoms with Crippen LogP contribution >= 0.6 is 0 Å². The zero-order valence-corrected chi connectivity index (χ0v) is 17.8. The van der Waals surface area contributed by atoms with Gasteiger partial charge in [-0.3, -0.25) is 14.5 Å². The minimum Gasteiger partial charge on any atom is -0.481 e. The first kappa shape index (κ1) is 20.8. The summed E-state index contributed by atoms with van der Waals surface area (Å²) in [7, 11) is 0. The number of hydrogen-bond acceptors (Lipinski definition) is 5. The van der Waals surface area contributed by atoms with Crippen LogP contribution in [0, 0.1) is 5.82 Å². The fraction of sp³-hybridized carbons (Fsp3) is 0.565. The van der Waals surface area contributed by atoms with Crippen LogP contribution in [0.25, 0.3) is 0 Å². The van der Waals surface area contributed by atoms with Gasteiger partial charge in [0.05, 0.1) is 5.69 Å².